The minimum atomic E-state index is -0.456. The number of hydrogen-bond donors (Lipinski definition) is 4. The van der Waals surface area contributed by atoms with E-state index < -0.39 is 11.8 Å². The van der Waals surface area contributed by atoms with E-state index in [1.54, 1.807) is 54.6 Å². The fourth-order valence-corrected chi connectivity index (χ4v) is 2.76. The summed E-state index contributed by atoms with van der Waals surface area (Å²) >= 11 is 5.01. The van der Waals surface area contributed by atoms with Crippen molar-refractivity contribution < 1.29 is 14.4 Å². The first-order chi connectivity index (χ1) is 15.5. The Balaban J connectivity index is 1.45. The van der Waals surface area contributed by atoms with E-state index in [0.29, 0.717) is 16.8 Å². The standard InChI is InChI=1S/C24H20N4O3S/c29-21(16-11-17-7-3-1-4-8-17)26-24(32)28-27-23(31)19-12-14-20(15-13-19)25-22(30)18-9-5-2-6-10-18/h1-16H,(H,25,30)(H,27,31)(H2,26,28,29,32)/b16-11+. The van der Waals surface area contributed by atoms with E-state index in [9.17, 15) is 14.4 Å². The van der Waals surface area contributed by atoms with Gasteiger partial charge in [-0.2, -0.15) is 0 Å². The normalized spacial score (nSPS) is 10.2. The van der Waals surface area contributed by atoms with Gasteiger partial charge in [0, 0.05) is 22.9 Å². The summed E-state index contributed by atoms with van der Waals surface area (Å²) in [5.74, 6) is -1.13. The van der Waals surface area contributed by atoms with Crippen LogP contribution in [0, 0.1) is 0 Å². The molecule has 3 amide bonds. The zero-order valence-electron chi connectivity index (χ0n) is 16.9. The van der Waals surface area contributed by atoms with Crippen molar-refractivity contribution in [1.29, 1.82) is 0 Å². The topological polar surface area (TPSA) is 99.3 Å². The number of hydrazine groups is 1. The Morgan fingerprint density at radius 2 is 1.28 bits per heavy atom. The molecule has 0 aliphatic rings. The van der Waals surface area contributed by atoms with Crippen LogP contribution in [0.25, 0.3) is 6.08 Å². The number of anilines is 1. The minimum absolute atomic E-state index is 0.0483. The van der Waals surface area contributed by atoms with Crippen molar-refractivity contribution in [2.45, 2.75) is 0 Å². The van der Waals surface area contributed by atoms with Gasteiger partial charge in [-0.25, -0.2) is 0 Å². The van der Waals surface area contributed by atoms with Gasteiger partial charge in [0.2, 0.25) is 5.91 Å². The highest BCUT2D eigenvalue weighted by Crippen LogP contribution is 2.11. The third-order valence-electron chi connectivity index (χ3n) is 4.19. The molecule has 32 heavy (non-hydrogen) atoms. The van der Waals surface area contributed by atoms with Crippen LogP contribution in [-0.4, -0.2) is 22.8 Å². The molecule has 0 radical (unpaired) electrons. The van der Waals surface area contributed by atoms with Crippen molar-refractivity contribution >= 4 is 46.8 Å². The van der Waals surface area contributed by atoms with E-state index in [1.165, 1.54) is 6.08 Å². The largest absolute Gasteiger partial charge is 0.322 e. The molecule has 0 aliphatic carbocycles. The molecule has 0 saturated carbocycles. The molecule has 0 atom stereocenters. The molecule has 8 heteroatoms. The van der Waals surface area contributed by atoms with Gasteiger partial charge < -0.3 is 5.32 Å². The molecule has 0 fully saturated rings. The van der Waals surface area contributed by atoms with Gasteiger partial charge in [0.25, 0.3) is 11.8 Å². The van der Waals surface area contributed by atoms with E-state index in [4.69, 9.17) is 12.2 Å². The van der Waals surface area contributed by atoms with Gasteiger partial charge >= 0.3 is 0 Å². The van der Waals surface area contributed by atoms with E-state index in [2.05, 4.69) is 21.5 Å². The zero-order chi connectivity index (χ0) is 22.8. The highest BCUT2D eigenvalue weighted by Gasteiger charge is 2.09. The van der Waals surface area contributed by atoms with Gasteiger partial charge in [-0.15, -0.1) is 0 Å². The van der Waals surface area contributed by atoms with Crippen LogP contribution in [0.3, 0.4) is 0 Å². The maximum absolute atomic E-state index is 12.3. The Morgan fingerprint density at radius 3 is 1.94 bits per heavy atom. The summed E-state index contributed by atoms with van der Waals surface area (Å²) in [7, 11) is 0. The Labute approximate surface area is 190 Å². The molecule has 160 valence electrons. The van der Waals surface area contributed by atoms with Crippen LogP contribution in [0.1, 0.15) is 26.3 Å². The number of carbonyl (C=O) groups excluding carboxylic acids is 3. The molecule has 0 bridgehead atoms. The van der Waals surface area contributed by atoms with Gasteiger partial charge in [-0.3, -0.25) is 30.6 Å². The lowest BCUT2D eigenvalue weighted by molar-refractivity contribution is -0.115. The van der Waals surface area contributed by atoms with Gasteiger partial charge in [-0.05, 0) is 60.3 Å². The highest BCUT2D eigenvalue weighted by atomic mass is 32.1. The Morgan fingerprint density at radius 1 is 0.688 bits per heavy atom. The Kier molecular flexibility index (Phi) is 7.83. The minimum Gasteiger partial charge on any atom is -0.322 e. The smallest absolute Gasteiger partial charge is 0.269 e. The first kappa shape index (κ1) is 22.4. The lowest BCUT2D eigenvalue weighted by Crippen LogP contribution is -2.48. The molecule has 7 nitrogen and oxygen atoms in total. The molecule has 0 aliphatic heterocycles. The van der Waals surface area contributed by atoms with Gasteiger partial charge in [0.05, 0.1) is 0 Å². The van der Waals surface area contributed by atoms with E-state index in [-0.39, 0.29) is 11.0 Å². The van der Waals surface area contributed by atoms with Crippen LogP contribution in [0.4, 0.5) is 5.69 Å². The first-order valence-electron chi connectivity index (χ1n) is 9.62. The van der Waals surface area contributed by atoms with Crippen molar-refractivity contribution in [1.82, 2.24) is 16.2 Å². The van der Waals surface area contributed by atoms with Crippen molar-refractivity contribution in [3.63, 3.8) is 0 Å². The lowest BCUT2D eigenvalue weighted by atomic mass is 10.2. The van der Waals surface area contributed by atoms with E-state index in [0.717, 1.165) is 5.56 Å². The summed E-state index contributed by atoms with van der Waals surface area (Å²) in [5.41, 5.74) is 7.18. The van der Waals surface area contributed by atoms with E-state index in [1.807, 2.05) is 36.4 Å². The average Bonchev–Trinajstić information content (AvgIpc) is 2.83. The van der Waals surface area contributed by atoms with Crippen LogP contribution in [-0.2, 0) is 4.79 Å². The van der Waals surface area contributed by atoms with Crippen molar-refractivity contribution in [3.8, 4) is 0 Å². The number of benzene rings is 3. The Bertz CT molecular complexity index is 1130. The maximum atomic E-state index is 12.3. The molecule has 0 saturated heterocycles. The van der Waals surface area contributed by atoms with Crippen LogP contribution >= 0.6 is 12.2 Å². The molecular formula is C24H20N4O3S. The van der Waals surface area contributed by atoms with Crippen LogP contribution in [0.2, 0.25) is 0 Å². The zero-order valence-corrected chi connectivity index (χ0v) is 17.7. The SMILES string of the molecule is O=C(/C=C/c1ccccc1)NC(=S)NNC(=O)c1ccc(NC(=O)c2ccccc2)cc1. The Hall–Kier alpha value is -4.30. The molecule has 3 rings (SSSR count). The van der Waals surface area contributed by atoms with Gasteiger partial charge in [0.15, 0.2) is 5.11 Å². The molecule has 0 aromatic heterocycles. The molecule has 4 N–H and O–H groups in total. The van der Waals surface area contributed by atoms with Crippen LogP contribution < -0.4 is 21.5 Å². The summed E-state index contributed by atoms with van der Waals surface area (Å²) < 4.78 is 0. The fourth-order valence-electron chi connectivity index (χ4n) is 2.60. The summed E-state index contributed by atoms with van der Waals surface area (Å²) in [6.07, 6.45) is 2.99. The molecular weight excluding hydrogens is 424 g/mol. The summed E-state index contributed by atoms with van der Waals surface area (Å²) in [6, 6.07) is 24.5. The van der Waals surface area contributed by atoms with Crippen LogP contribution in [0.15, 0.2) is 91.0 Å². The highest BCUT2D eigenvalue weighted by molar-refractivity contribution is 7.80. The molecule has 3 aromatic carbocycles. The second-order valence-electron chi connectivity index (χ2n) is 6.54. The number of nitrogens with one attached hydrogen (secondary N) is 4. The molecule has 3 aromatic rings. The number of carbonyl (C=O) groups is 3. The molecule has 0 heterocycles. The lowest BCUT2D eigenvalue weighted by Gasteiger charge is -2.10. The predicted molar refractivity (Wildman–Crippen MR) is 128 cm³/mol. The van der Waals surface area contributed by atoms with Gasteiger partial charge in [0.1, 0.15) is 0 Å². The third kappa shape index (κ3) is 6.89. The monoisotopic (exact) mass is 444 g/mol. The summed E-state index contributed by atoms with van der Waals surface area (Å²) in [5, 5.41) is 5.15. The number of amides is 3. The average molecular weight is 445 g/mol. The second-order valence-corrected chi connectivity index (χ2v) is 6.95. The first-order valence-corrected chi connectivity index (χ1v) is 10.0. The predicted octanol–water partition coefficient (Wildman–Crippen LogP) is 3.29. The van der Waals surface area contributed by atoms with Crippen LogP contribution in [0.5, 0.6) is 0 Å². The fraction of sp³-hybridized carbons (Fsp3) is 0. The second kappa shape index (κ2) is 11.2. The number of thiocarbonyl (C=S) groups is 1. The maximum Gasteiger partial charge on any atom is 0.269 e. The van der Waals surface area contributed by atoms with Crippen molar-refractivity contribution in [2.75, 3.05) is 5.32 Å². The van der Waals surface area contributed by atoms with E-state index >= 15 is 0 Å². The quantitative estimate of drug-likeness (QED) is 0.275. The van der Waals surface area contributed by atoms with Crippen molar-refractivity contribution in [2.24, 2.45) is 0 Å². The molecule has 0 spiro atoms. The number of hydrogen-bond acceptors (Lipinski definition) is 4. The third-order valence-corrected chi connectivity index (χ3v) is 4.40. The number of rotatable bonds is 5. The summed E-state index contributed by atoms with van der Waals surface area (Å²) in [4.78, 5) is 36.3. The molecule has 0 unspecified atom stereocenters. The van der Waals surface area contributed by atoms with Crippen molar-refractivity contribution in [3.05, 3.63) is 108 Å². The summed E-state index contributed by atoms with van der Waals surface area (Å²) in [6.45, 7) is 0. The van der Waals surface area contributed by atoms with Gasteiger partial charge in [-0.1, -0.05) is 48.5 Å².